The van der Waals surface area contributed by atoms with Gasteiger partial charge in [0.2, 0.25) is 0 Å². The van der Waals surface area contributed by atoms with Crippen LogP contribution in [0.2, 0.25) is 0 Å². The predicted molar refractivity (Wildman–Crippen MR) is 92.9 cm³/mol. The van der Waals surface area contributed by atoms with Crippen molar-refractivity contribution in [1.82, 2.24) is 4.98 Å². The summed E-state index contributed by atoms with van der Waals surface area (Å²) < 4.78 is 10.6. The number of thiazole rings is 1. The first-order valence-corrected chi connectivity index (χ1v) is 8.55. The summed E-state index contributed by atoms with van der Waals surface area (Å²) in [6.45, 7) is 0. The Morgan fingerprint density at radius 2 is 2.04 bits per heavy atom. The van der Waals surface area contributed by atoms with Crippen LogP contribution in [0.4, 0.5) is 5.13 Å². The molecular weight excluding hydrogens is 332 g/mol. The van der Waals surface area contributed by atoms with Crippen molar-refractivity contribution < 1.29 is 14.3 Å². The zero-order chi connectivity index (χ0) is 16.2. The third kappa shape index (κ3) is 3.35. The zero-order valence-electron chi connectivity index (χ0n) is 12.5. The van der Waals surface area contributed by atoms with Crippen LogP contribution in [0.15, 0.2) is 40.4 Å². The fraction of sp³-hybridized carbons (Fsp3) is 0.125. The fourth-order valence-corrected chi connectivity index (χ4v) is 3.37. The monoisotopic (exact) mass is 346 g/mol. The summed E-state index contributed by atoms with van der Waals surface area (Å²) in [4.78, 5) is 16.5. The van der Waals surface area contributed by atoms with E-state index >= 15 is 0 Å². The van der Waals surface area contributed by atoms with E-state index in [0.717, 1.165) is 11.3 Å². The van der Waals surface area contributed by atoms with Gasteiger partial charge in [0, 0.05) is 22.4 Å². The van der Waals surface area contributed by atoms with Crippen molar-refractivity contribution in [2.45, 2.75) is 0 Å². The Morgan fingerprint density at radius 1 is 1.17 bits per heavy atom. The minimum Gasteiger partial charge on any atom is -0.497 e. The summed E-state index contributed by atoms with van der Waals surface area (Å²) in [5.41, 5.74) is 2.23. The molecule has 1 amide bonds. The van der Waals surface area contributed by atoms with Crippen LogP contribution in [-0.2, 0) is 0 Å². The van der Waals surface area contributed by atoms with Gasteiger partial charge in [0.15, 0.2) is 5.13 Å². The van der Waals surface area contributed by atoms with Crippen molar-refractivity contribution in [1.29, 1.82) is 0 Å². The quantitative estimate of drug-likeness (QED) is 0.754. The Kier molecular flexibility index (Phi) is 4.59. The van der Waals surface area contributed by atoms with E-state index in [1.54, 1.807) is 31.7 Å². The van der Waals surface area contributed by atoms with Gasteiger partial charge in [0.1, 0.15) is 11.5 Å². The molecule has 0 saturated heterocycles. The summed E-state index contributed by atoms with van der Waals surface area (Å²) in [6.07, 6.45) is 0. The Morgan fingerprint density at radius 3 is 2.74 bits per heavy atom. The smallest absolute Gasteiger partial charge is 0.258 e. The minimum atomic E-state index is -0.158. The molecular formula is C16H14N2O3S2. The summed E-state index contributed by atoms with van der Waals surface area (Å²) in [5.74, 6) is 1.23. The van der Waals surface area contributed by atoms with Crippen molar-refractivity contribution >= 4 is 33.7 Å². The Hall–Kier alpha value is -2.38. The highest BCUT2D eigenvalue weighted by atomic mass is 32.1. The highest BCUT2D eigenvalue weighted by Crippen LogP contribution is 2.34. The average molecular weight is 346 g/mol. The molecule has 2 aromatic heterocycles. The van der Waals surface area contributed by atoms with Crippen LogP contribution in [-0.4, -0.2) is 25.1 Å². The number of thiophene rings is 1. The number of benzene rings is 1. The molecule has 0 spiro atoms. The molecule has 1 aromatic carbocycles. The first-order valence-electron chi connectivity index (χ1n) is 6.72. The fourth-order valence-electron chi connectivity index (χ4n) is 2.03. The lowest BCUT2D eigenvalue weighted by atomic mass is 10.1. The number of carbonyl (C=O) groups excluding carboxylic acids is 1. The van der Waals surface area contributed by atoms with E-state index in [-0.39, 0.29) is 5.91 Å². The zero-order valence-corrected chi connectivity index (χ0v) is 14.2. The molecule has 7 heteroatoms. The lowest BCUT2D eigenvalue weighted by molar-refractivity contribution is 0.102. The third-order valence-electron chi connectivity index (χ3n) is 3.19. The molecule has 0 fully saturated rings. The van der Waals surface area contributed by atoms with Crippen LogP contribution in [0, 0.1) is 0 Å². The van der Waals surface area contributed by atoms with E-state index in [2.05, 4.69) is 10.3 Å². The number of methoxy groups -OCH3 is 2. The number of hydrogen-bond donors (Lipinski definition) is 1. The molecule has 0 aliphatic rings. The molecule has 23 heavy (non-hydrogen) atoms. The van der Waals surface area contributed by atoms with E-state index in [1.165, 1.54) is 22.7 Å². The molecule has 0 aliphatic heterocycles. The molecule has 0 unspecified atom stereocenters. The van der Waals surface area contributed by atoms with Crippen LogP contribution in [0.1, 0.15) is 10.4 Å². The van der Waals surface area contributed by atoms with Gasteiger partial charge in [-0.05, 0) is 23.6 Å². The number of carbonyl (C=O) groups is 1. The Bertz CT molecular complexity index is 813. The number of aromatic nitrogens is 1. The molecule has 1 N–H and O–H groups in total. The molecule has 118 valence electrons. The summed E-state index contributed by atoms with van der Waals surface area (Å²) in [7, 11) is 3.21. The molecule has 2 heterocycles. The molecule has 0 aliphatic carbocycles. The summed E-state index contributed by atoms with van der Waals surface area (Å²) in [5, 5.41) is 8.90. The lowest BCUT2D eigenvalue weighted by Gasteiger charge is -2.08. The van der Waals surface area contributed by atoms with Crippen molar-refractivity contribution in [2.75, 3.05) is 19.5 Å². The second kappa shape index (κ2) is 6.80. The van der Waals surface area contributed by atoms with E-state index < -0.39 is 0 Å². The van der Waals surface area contributed by atoms with Gasteiger partial charge in [-0.15, -0.1) is 11.3 Å². The van der Waals surface area contributed by atoms with E-state index in [1.807, 2.05) is 22.9 Å². The van der Waals surface area contributed by atoms with Gasteiger partial charge in [-0.1, -0.05) is 0 Å². The second-order valence-corrected chi connectivity index (χ2v) is 6.21. The van der Waals surface area contributed by atoms with Gasteiger partial charge in [-0.25, -0.2) is 4.98 Å². The third-order valence-corrected chi connectivity index (χ3v) is 4.63. The van der Waals surface area contributed by atoms with Gasteiger partial charge < -0.3 is 9.47 Å². The maximum atomic E-state index is 12.0. The van der Waals surface area contributed by atoms with Crippen molar-refractivity contribution in [3.8, 4) is 22.8 Å². The van der Waals surface area contributed by atoms with Gasteiger partial charge in [-0.2, -0.15) is 11.3 Å². The van der Waals surface area contributed by atoms with E-state index in [9.17, 15) is 4.79 Å². The number of nitrogens with one attached hydrogen (secondary N) is 1. The Labute approximate surface area is 141 Å². The molecule has 0 bridgehead atoms. The van der Waals surface area contributed by atoms with Crippen LogP contribution >= 0.6 is 22.7 Å². The highest BCUT2D eigenvalue weighted by Gasteiger charge is 2.13. The predicted octanol–water partition coefficient (Wildman–Crippen LogP) is 4.14. The molecule has 3 rings (SSSR count). The summed E-state index contributed by atoms with van der Waals surface area (Å²) >= 11 is 2.86. The largest absolute Gasteiger partial charge is 0.497 e. The molecule has 0 atom stereocenters. The van der Waals surface area contributed by atoms with Gasteiger partial charge in [0.25, 0.3) is 5.91 Å². The number of nitrogens with zero attached hydrogens (tertiary/aromatic N) is 1. The van der Waals surface area contributed by atoms with Crippen LogP contribution in [0.5, 0.6) is 11.5 Å². The Balaban J connectivity index is 1.83. The summed E-state index contributed by atoms with van der Waals surface area (Å²) in [6, 6.07) is 7.32. The first kappa shape index (κ1) is 15.5. The van der Waals surface area contributed by atoms with Crippen LogP contribution < -0.4 is 14.8 Å². The van der Waals surface area contributed by atoms with E-state index in [0.29, 0.717) is 22.2 Å². The topological polar surface area (TPSA) is 60.5 Å². The van der Waals surface area contributed by atoms with Gasteiger partial charge in [0.05, 0.1) is 25.5 Å². The van der Waals surface area contributed by atoms with E-state index in [4.69, 9.17) is 9.47 Å². The minimum absolute atomic E-state index is 0.158. The SMILES string of the molecule is COc1ccc(-c2csc(NC(=O)c3ccsc3)n2)c(OC)c1. The number of hydrogen-bond acceptors (Lipinski definition) is 6. The van der Waals surface area contributed by atoms with Crippen LogP contribution in [0.25, 0.3) is 11.3 Å². The van der Waals surface area contributed by atoms with Crippen LogP contribution in [0.3, 0.4) is 0 Å². The highest BCUT2D eigenvalue weighted by molar-refractivity contribution is 7.14. The van der Waals surface area contributed by atoms with Gasteiger partial charge in [-0.3, -0.25) is 10.1 Å². The molecule has 0 radical (unpaired) electrons. The maximum absolute atomic E-state index is 12.0. The number of amides is 1. The normalized spacial score (nSPS) is 10.3. The number of ether oxygens (including phenoxy) is 2. The number of rotatable bonds is 5. The average Bonchev–Trinajstić information content (AvgIpc) is 3.26. The molecule has 5 nitrogen and oxygen atoms in total. The van der Waals surface area contributed by atoms with Crippen molar-refractivity contribution in [3.63, 3.8) is 0 Å². The van der Waals surface area contributed by atoms with Crippen molar-refractivity contribution in [3.05, 3.63) is 46.0 Å². The lowest BCUT2D eigenvalue weighted by Crippen LogP contribution is -2.10. The first-order chi connectivity index (χ1) is 11.2. The second-order valence-electron chi connectivity index (χ2n) is 4.57. The number of anilines is 1. The maximum Gasteiger partial charge on any atom is 0.258 e. The van der Waals surface area contributed by atoms with Crippen molar-refractivity contribution in [2.24, 2.45) is 0 Å². The van der Waals surface area contributed by atoms with Gasteiger partial charge >= 0.3 is 0 Å². The standard InChI is InChI=1S/C16H14N2O3S2/c1-20-11-3-4-12(14(7-11)21-2)13-9-23-16(17-13)18-15(19)10-5-6-22-8-10/h3-9H,1-2H3,(H,17,18,19). The molecule has 3 aromatic rings. The molecule has 0 saturated carbocycles.